The number of amides is 2. The number of carbonyl (C=O) groups excluding carboxylic acids is 2. The van der Waals surface area contributed by atoms with Crippen LogP contribution < -0.4 is 10.6 Å². The van der Waals surface area contributed by atoms with Gasteiger partial charge in [-0.25, -0.2) is 4.98 Å². The molecular weight excluding hydrogens is 397 g/mol. The Hall–Kier alpha value is -2.35. The van der Waals surface area contributed by atoms with Crippen LogP contribution in [0.2, 0.25) is 0 Å². The summed E-state index contributed by atoms with van der Waals surface area (Å²) < 4.78 is 0.905. The van der Waals surface area contributed by atoms with Gasteiger partial charge in [0.05, 0.1) is 15.8 Å². The summed E-state index contributed by atoms with van der Waals surface area (Å²) >= 11 is 12.3. The zero-order valence-electron chi connectivity index (χ0n) is 13.3. The Bertz CT molecular complexity index is 991. The number of rotatable bonds is 5. The molecule has 1 heterocycles. The summed E-state index contributed by atoms with van der Waals surface area (Å²) in [4.78, 5) is 27.2. The van der Waals surface area contributed by atoms with Gasteiger partial charge in [0.25, 0.3) is 0 Å². The van der Waals surface area contributed by atoms with Crippen molar-refractivity contribution < 1.29 is 14.7 Å². The molecule has 0 spiro atoms. The quantitative estimate of drug-likeness (QED) is 0.554. The largest absolute Gasteiger partial charge is 0.507 e. The van der Waals surface area contributed by atoms with Crippen LogP contribution in [0.1, 0.15) is 0 Å². The van der Waals surface area contributed by atoms with Crippen LogP contribution in [-0.4, -0.2) is 33.7 Å². The Kier molecular flexibility index (Phi) is 5.61. The van der Waals surface area contributed by atoms with Crippen molar-refractivity contribution in [3.8, 4) is 16.3 Å². The lowest BCUT2D eigenvalue weighted by molar-refractivity contribution is -0.114. The molecule has 0 bridgehead atoms. The third kappa shape index (κ3) is 4.07. The van der Waals surface area contributed by atoms with Gasteiger partial charge in [0.1, 0.15) is 22.5 Å². The molecule has 1 aromatic heterocycles. The Labute approximate surface area is 162 Å². The van der Waals surface area contributed by atoms with Crippen molar-refractivity contribution in [1.29, 1.82) is 0 Å². The number of benzene rings is 2. The van der Waals surface area contributed by atoms with Gasteiger partial charge in [0, 0.05) is 17.4 Å². The van der Waals surface area contributed by atoms with Crippen molar-refractivity contribution in [2.45, 2.75) is 0 Å². The molecule has 0 unspecified atom stereocenters. The van der Waals surface area contributed by atoms with Crippen molar-refractivity contribution in [1.82, 2.24) is 4.98 Å². The number of aromatic nitrogens is 1. The fourth-order valence-electron chi connectivity index (χ4n) is 2.30. The zero-order chi connectivity index (χ0) is 18.7. The van der Waals surface area contributed by atoms with Crippen molar-refractivity contribution in [2.24, 2.45) is 0 Å². The lowest BCUT2D eigenvalue weighted by Gasteiger charge is -2.06. The maximum Gasteiger partial charge on any atom is 0.239 e. The van der Waals surface area contributed by atoms with E-state index < -0.39 is 0 Å². The smallest absolute Gasteiger partial charge is 0.239 e. The molecule has 26 heavy (non-hydrogen) atoms. The summed E-state index contributed by atoms with van der Waals surface area (Å²) in [6, 6.07) is 10.1. The lowest BCUT2D eigenvalue weighted by atomic mass is 10.2. The first kappa shape index (κ1) is 18.4. The highest BCUT2D eigenvalue weighted by Gasteiger charge is 2.13. The average molecular weight is 410 g/mol. The van der Waals surface area contributed by atoms with Gasteiger partial charge in [-0.05, 0) is 30.3 Å². The third-order valence-corrected chi connectivity index (χ3v) is 4.98. The summed E-state index contributed by atoms with van der Waals surface area (Å²) in [5.74, 6) is -0.949. The number of fused-ring (bicyclic) bond motifs is 1. The first-order chi connectivity index (χ1) is 12.5. The fourth-order valence-corrected chi connectivity index (χ4v) is 3.41. The standard InChI is InChI=1S/C17H13Cl2N3O3S/c18-7-15(24)20-9-2-4-14-12(5-9)22-17(26-14)11-3-1-10(6-13(11)23)21-16(25)8-19/h1-6,23H,7-8H2,(H,20,24)(H,21,25). The first-order valence-corrected chi connectivity index (χ1v) is 9.34. The second-order valence-electron chi connectivity index (χ2n) is 5.30. The van der Waals surface area contributed by atoms with Gasteiger partial charge >= 0.3 is 0 Å². The van der Waals surface area contributed by atoms with Crippen LogP contribution in [0.3, 0.4) is 0 Å². The molecular formula is C17H13Cl2N3O3S. The number of phenols is 1. The number of carbonyl (C=O) groups is 2. The summed E-state index contributed by atoms with van der Waals surface area (Å²) in [5.41, 5.74) is 2.28. The highest BCUT2D eigenvalue weighted by Crippen LogP contribution is 2.37. The number of nitrogens with one attached hydrogen (secondary N) is 2. The zero-order valence-corrected chi connectivity index (χ0v) is 15.6. The van der Waals surface area contributed by atoms with E-state index in [-0.39, 0.29) is 29.3 Å². The predicted molar refractivity (Wildman–Crippen MR) is 105 cm³/mol. The van der Waals surface area contributed by atoms with Crippen LogP contribution in [0.5, 0.6) is 5.75 Å². The monoisotopic (exact) mass is 409 g/mol. The SMILES string of the molecule is O=C(CCl)Nc1ccc(-c2nc3cc(NC(=O)CCl)ccc3s2)c(O)c1. The van der Waals surface area contributed by atoms with Crippen molar-refractivity contribution in [2.75, 3.05) is 22.4 Å². The van der Waals surface area contributed by atoms with Crippen LogP contribution in [0, 0.1) is 0 Å². The van der Waals surface area contributed by atoms with E-state index >= 15 is 0 Å². The van der Waals surface area contributed by atoms with Gasteiger partial charge in [-0.15, -0.1) is 34.5 Å². The van der Waals surface area contributed by atoms with E-state index in [1.807, 2.05) is 6.07 Å². The average Bonchev–Trinajstić information content (AvgIpc) is 3.04. The number of halogens is 2. The molecule has 0 atom stereocenters. The number of hydrogen-bond donors (Lipinski definition) is 3. The second-order valence-corrected chi connectivity index (χ2v) is 6.86. The van der Waals surface area contributed by atoms with Crippen LogP contribution in [0.25, 0.3) is 20.8 Å². The minimum Gasteiger partial charge on any atom is -0.507 e. The van der Waals surface area contributed by atoms with Gasteiger partial charge < -0.3 is 15.7 Å². The number of anilines is 2. The van der Waals surface area contributed by atoms with Gasteiger partial charge in [0.2, 0.25) is 11.8 Å². The van der Waals surface area contributed by atoms with Crippen molar-refractivity contribution >= 4 is 67.9 Å². The molecule has 3 rings (SSSR count). The maximum absolute atomic E-state index is 11.4. The molecule has 3 N–H and O–H groups in total. The minimum atomic E-state index is -0.356. The topological polar surface area (TPSA) is 91.3 Å². The summed E-state index contributed by atoms with van der Waals surface area (Å²) in [6.07, 6.45) is 0. The molecule has 0 aliphatic heterocycles. The molecule has 6 nitrogen and oxygen atoms in total. The molecule has 0 saturated heterocycles. The predicted octanol–water partition coefficient (Wildman–Crippen LogP) is 4.02. The molecule has 0 fully saturated rings. The molecule has 0 aliphatic carbocycles. The number of phenolic OH excluding ortho intramolecular Hbond substituents is 1. The summed E-state index contributed by atoms with van der Waals surface area (Å²) in [5, 5.41) is 16.1. The second kappa shape index (κ2) is 7.90. The highest BCUT2D eigenvalue weighted by molar-refractivity contribution is 7.21. The normalized spacial score (nSPS) is 10.7. The number of alkyl halides is 2. The summed E-state index contributed by atoms with van der Waals surface area (Å²) in [6.45, 7) is 0. The molecule has 134 valence electrons. The molecule has 9 heteroatoms. The lowest BCUT2D eigenvalue weighted by Crippen LogP contribution is -2.12. The Morgan fingerprint density at radius 2 is 1.62 bits per heavy atom. The van der Waals surface area contributed by atoms with E-state index in [9.17, 15) is 14.7 Å². The molecule has 0 radical (unpaired) electrons. The highest BCUT2D eigenvalue weighted by atomic mass is 35.5. The van der Waals surface area contributed by atoms with E-state index in [1.165, 1.54) is 17.4 Å². The molecule has 2 amide bonds. The van der Waals surface area contributed by atoms with E-state index in [1.54, 1.807) is 24.3 Å². The Morgan fingerprint density at radius 3 is 2.23 bits per heavy atom. The first-order valence-electron chi connectivity index (χ1n) is 7.46. The fraction of sp³-hybridized carbons (Fsp3) is 0.118. The number of aromatic hydroxyl groups is 1. The third-order valence-electron chi connectivity index (χ3n) is 3.43. The summed E-state index contributed by atoms with van der Waals surface area (Å²) in [7, 11) is 0. The number of hydrogen-bond acceptors (Lipinski definition) is 5. The van der Waals surface area contributed by atoms with Crippen LogP contribution >= 0.6 is 34.5 Å². The molecule has 3 aromatic rings. The van der Waals surface area contributed by atoms with Crippen LogP contribution in [0.15, 0.2) is 36.4 Å². The maximum atomic E-state index is 11.4. The van der Waals surface area contributed by atoms with E-state index in [0.29, 0.717) is 27.5 Å². The van der Waals surface area contributed by atoms with E-state index in [4.69, 9.17) is 23.2 Å². The Balaban J connectivity index is 1.90. The van der Waals surface area contributed by atoms with Crippen LogP contribution in [-0.2, 0) is 9.59 Å². The molecule has 0 saturated carbocycles. The van der Waals surface area contributed by atoms with Gasteiger partial charge in [-0.3, -0.25) is 9.59 Å². The number of nitrogens with zero attached hydrogens (tertiary/aromatic N) is 1. The van der Waals surface area contributed by atoms with E-state index in [0.717, 1.165) is 4.70 Å². The van der Waals surface area contributed by atoms with E-state index in [2.05, 4.69) is 15.6 Å². The van der Waals surface area contributed by atoms with Crippen molar-refractivity contribution in [3.05, 3.63) is 36.4 Å². The van der Waals surface area contributed by atoms with Crippen molar-refractivity contribution in [3.63, 3.8) is 0 Å². The molecule has 0 aliphatic rings. The van der Waals surface area contributed by atoms with Gasteiger partial charge in [0.15, 0.2) is 0 Å². The van der Waals surface area contributed by atoms with Crippen LogP contribution in [0.4, 0.5) is 11.4 Å². The van der Waals surface area contributed by atoms with Gasteiger partial charge in [-0.1, -0.05) is 0 Å². The van der Waals surface area contributed by atoms with Gasteiger partial charge in [-0.2, -0.15) is 0 Å². The number of thiazole rings is 1. The Morgan fingerprint density at radius 1 is 1.00 bits per heavy atom. The molecule has 2 aromatic carbocycles. The minimum absolute atomic E-state index is 0.00732.